The average molecular weight is 368 g/mol. The first kappa shape index (κ1) is 19.7. The van der Waals surface area contributed by atoms with Gasteiger partial charge in [-0.2, -0.15) is 0 Å². The Kier molecular flexibility index (Phi) is 6.71. The van der Waals surface area contributed by atoms with Crippen LogP contribution in [-0.4, -0.2) is 24.9 Å². The molecular formula is C20H20N2O5. The van der Waals surface area contributed by atoms with Gasteiger partial charge in [0.15, 0.2) is 0 Å². The molecule has 0 aliphatic rings. The highest BCUT2D eigenvalue weighted by atomic mass is 16.5. The summed E-state index contributed by atoms with van der Waals surface area (Å²) < 4.78 is 10.0. The minimum atomic E-state index is -0.473. The van der Waals surface area contributed by atoms with Crippen LogP contribution in [-0.2, 0) is 14.4 Å². The Balaban J connectivity index is 2.19. The van der Waals surface area contributed by atoms with Crippen LogP contribution in [0.3, 0.4) is 0 Å². The molecule has 0 spiro atoms. The van der Waals surface area contributed by atoms with Gasteiger partial charge >= 0.3 is 5.97 Å². The Morgan fingerprint density at radius 1 is 0.889 bits per heavy atom. The minimum Gasteiger partial charge on any atom is -0.497 e. The van der Waals surface area contributed by atoms with Gasteiger partial charge < -0.3 is 20.1 Å². The molecule has 2 aromatic carbocycles. The number of hydrogen-bond acceptors (Lipinski definition) is 5. The molecule has 0 aromatic heterocycles. The van der Waals surface area contributed by atoms with Crippen LogP contribution in [0.1, 0.15) is 19.4 Å². The second-order valence-electron chi connectivity index (χ2n) is 5.58. The molecule has 0 aliphatic heterocycles. The van der Waals surface area contributed by atoms with E-state index in [4.69, 9.17) is 9.47 Å². The normalized spacial score (nSPS) is 10.7. The standard InChI is InChI=1S/C20H20N2O5/c1-13(23)21-19(12-15-4-8-18(9-5-15)27-14(2)24)20(25)22-16-6-10-17(26-3)11-7-16/h4-12H,1-3H3,(H,21,23)(H,22,25)/b19-12-. The van der Waals surface area contributed by atoms with Crippen molar-refractivity contribution in [2.45, 2.75) is 13.8 Å². The lowest BCUT2D eigenvalue weighted by Gasteiger charge is -2.10. The summed E-state index contributed by atoms with van der Waals surface area (Å²) in [6, 6.07) is 13.3. The van der Waals surface area contributed by atoms with Gasteiger partial charge in [0.2, 0.25) is 5.91 Å². The maximum atomic E-state index is 12.5. The third-order valence-corrected chi connectivity index (χ3v) is 3.36. The number of amides is 2. The quantitative estimate of drug-likeness (QED) is 0.465. The number of carbonyl (C=O) groups is 3. The van der Waals surface area contributed by atoms with Crippen molar-refractivity contribution in [3.8, 4) is 11.5 Å². The Labute approximate surface area is 157 Å². The molecule has 7 nitrogen and oxygen atoms in total. The molecule has 0 heterocycles. The van der Waals surface area contributed by atoms with E-state index < -0.39 is 11.9 Å². The van der Waals surface area contributed by atoms with Gasteiger partial charge in [-0.3, -0.25) is 14.4 Å². The van der Waals surface area contributed by atoms with Crippen molar-refractivity contribution in [2.24, 2.45) is 0 Å². The molecule has 0 radical (unpaired) electrons. The van der Waals surface area contributed by atoms with Gasteiger partial charge in [0.1, 0.15) is 17.2 Å². The van der Waals surface area contributed by atoms with Crippen molar-refractivity contribution >= 4 is 29.5 Å². The second kappa shape index (κ2) is 9.19. The van der Waals surface area contributed by atoms with Gasteiger partial charge in [-0.15, -0.1) is 0 Å². The Bertz CT molecular complexity index is 855. The highest BCUT2D eigenvalue weighted by molar-refractivity contribution is 6.08. The van der Waals surface area contributed by atoms with E-state index >= 15 is 0 Å². The zero-order valence-corrected chi connectivity index (χ0v) is 15.2. The van der Waals surface area contributed by atoms with E-state index in [1.54, 1.807) is 55.6 Å². The van der Waals surface area contributed by atoms with Crippen LogP contribution in [0.2, 0.25) is 0 Å². The van der Waals surface area contributed by atoms with Crippen molar-refractivity contribution in [3.63, 3.8) is 0 Å². The van der Waals surface area contributed by atoms with E-state index in [0.29, 0.717) is 22.7 Å². The Morgan fingerprint density at radius 2 is 1.48 bits per heavy atom. The van der Waals surface area contributed by atoms with Crippen LogP contribution in [0.5, 0.6) is 11.5 Å². The molecule has 0 unspecified atom stereocenters. The first-order valence-electron chi connectivity index (χ1n) is 8.10. The number of methoxy groups -OCH3 is 1. The van der Waals surface area contributed by atoms with Crippen LogP contribution in [0.15, 0.2) is 54.2 Å². The highest BCUT2D eigenvalue weighted by Crippen LogP contribution is 2.17. The number of hydrogen-bond donors (Lipinski definition) is 2. The summed E-state index contributed by atoms with van der Waals surface area (Å²) in [5.41, 5.74) is 1.29. The molecule has 2 aromatic rings. The predicted octanol–water partition coefficient (Wildman–Crippen LogP) is 2.74. The maximum absolute atomic E-state index is 12.5. The number of esters is 1. The molecule has 0 fully saturated rings. The third-order valence-electron chi connectivity index (χ3n) is 3.36. The number of anilines is 1. The van der Waals surface area contributed by atoms with Crippen molar-refractivity contribution in [1.29, 1.82) is 0 Å². The van der Waals surface area contributed by atoms with Crippen LogP contribution < -0.4 is 20.1 Å². The molecule has 27 heavy (non-hydrogen) atoms. The summed E-state index contributed by atoms with van der Waals surface area (Å²) in [6.07, 6.45) is 1.53. The fourth-order valence-electron chi connectivity index (χ4n) is 2.19. The summed E-state index contributed by atoms with van der Waals surface area (Å²) in [7, 11) is 1.55. The number of nitrogens with one attached hydrogen (secondary N) is 2. The zero-order chi connectivity index (χ0) is 19.8. The summed E-state index contributed by atoms with van der Waals surface area (Å²) in [6.45, 7) is 2.63. The zero-order valence-electron chi connectivity index (χ0n) is 15.2. The van der Waals surface area contributed by atoms with Crippen LogP contribution >= 0.6 is 0 Å². The van der Waals surface area contributed by atoms with Gasteiger partial charge in [-0.25, -0.2) is 0 Å². The van der Waals surface area contributed by atoms with Gasteiger partial charge in [-0.05, 0) is 48.0 Å². The Morgan fingerprint density at radius 3 is 2.00 bits per heavy atom. The lowest BCUT2D eigenvalue weighted by molar-refractivity contribution is -0.131. The number of ether oxygens (including phenoxy) is 2. The van der Waals surface area contributed by atoms with Gasteiger partial charge in [0.05, 0.1) is 7.11 Å². The molecule has 0 saturated heterocycles. The molecule has 140 valence electrons. The number of rotatable bonds is 6. The van der Waals surface area contributed by atoms with E-state index in [-0.39, 0.29) is 11.6 Å². The number of carbonyl (C=O) groups excluding carboxylic acids is 3. The molecule has 2 rings (SSSR count). The largest absolute Gasteiger partial charge is 0.497 e. The fraction of sp³-hybridized carbons (Fsp3) is 0.150. The van der Waals surface area contributed by atoms with E-state index in [1.165, 1.54) is 19.9 Å². The summed E-state index contributed by atoms with van der Waals surface area (Å²) >= 11 is 0. The molecular weight excluding hydrogens is 348 g/mol. The van der Waals surface area contributed by atoms with Gasteiger partial charge in [0.25, 0.3) is 5.91 Å². The van der Waals surface area contributed by atoms with E-state index in [1.807, 2.05) is 0 Å². The van der Waals surface area contributed by atoms with E-state index in [0.717, 1.165) is 0 Å². The summed E-state index contributed by atoms with van der Waals surface area (Å²) in [4.78, 5) is 34.9. The molecule has 0 atom stereocenters. The predicted molar refractivity (Wildman–Crippen MR) is 101 cm³/mol. The monoisotopic (exact) mass is 368 g/mol. The lowest BCUT2D eigenvalue weighted by atomic mass is 10.1. The van der Waals surface area contributed by atoms with Crippen molar-refractivity contribution in [1.82, 2.24) is 5.32 Å². The minimum absolute atomic E-state index is 0.0820. The maximum Gasteiger partial charge on any atom is 0.308 e. The van der Waals surface area contributed by atoms with Crippen LogP contribution in [0.25, 0.3) is 6.08 Å². The second-order valence-corrected chi connectivity index (χ2v) is 5.58. The van der Waals surface area contributed by atoms with Crippen LogP contribution in [0.4, 0.5) is 5.69 Å². The topological polar surface area (TPSA) is 93.7 Å². The number of benzene rings is 2. The first-order valence-corrected chi connectivity index (χ1v) is 8.10. The van der Waals surface area contributed by atoms with Crippen molar-refractivity contribution in [3.05, 3.63) is 59.8 Å². The molecule has 0 bridgehead atoms. The van der Waals surface area contributed by atoms with Gasteiger partial charge in [0, 0.05) is 19.5 Å². The van der Waals surface area contributed by atoms with Crippen molar-refractivity contribution in [2.75, 3.05) is 12.4 Å². The SMILES string of the molecule is COc1ccc(NC(=O)/C(=C/c2ccc(OC(C)=O)cc2)NC(C)=O)cc1. The van der Waals surface area contributed by atoms with E-state index in [9.17, 15) is 14.4 Å². The first-order chi connectivity index (χ1) is 12.9. The molecule has 0 aliphatic carbocycles. The molecule has 0 saturated carbocycles. The smallest absolute Gasteiger partial charge is 0.308 e. The summed E-state index contributed by atoms with van der Waals surface area (Å²) in [5, 5.41) is 5.23. The molecule has 2 N–H and O–H groups in total. The molecule has 2 amide bonds. The van der Waals surface area contributed by atoms with Gasteiger partial charge in [-0.1, -0.05) is 12.1 Å². The third kappa shape index (κ3) is 6.32. The van der Waals surface area contributed by atoms with E-state index in [2.05, 4.69) is 10.6 Å². The van der Waals surface area contributed by atoms with Crippen LogP contribution in [0, 0.1) is 0 Å². The lowest BCUT2D eigenvalue weighted by Crippen LogP contribution is -2.28. The average Bonchev–Trinajstić information content (AvgIpc) is 2.62. The highest BCUT2D eigenvalue weighted by Gasteiger charge is 2.12. The Hall–Kier alpha value is -3.61. The fourth-order valence-corrected chi connectivity index (χ4v) is 2.19. The molecule has 7 heteroatoms. The summed E-state index contributed by atoms with van der Waals surface area (Å²) in [5.74, 6) is -0.208. The van der Waals surface area contributed by atoms with Crippen molar-refractivity contribution < 1.29 is 23.9 Å².